The van der Waals surface area contributed by atoms with Crippen molar-refractivity contribution in [2.75, 3.05) is 19.0 Å². The summed E-state index contributed by atoms with van der Waals surface area (Å²) in [5, 5.41) is 12.7. The molecule has 120 valence electrons. The summed E-state index contributed by atoms with van der Waals surface area (Å²) in [5.41, 5.74) is 5.79. The predicted octanol–water partition coefficient (Wildman–Crippen LogP) is 3.09. The van der Waals surface area contributed by atoms with Crippen molar-refractivity contribution in [3.63, 3.8) is 0 Å². The van der Waals surface area contributed by atoms with Crippen molar-refractivity contribution in [3.8, 4) is 22.5 Å². The van der Waals surface area contributed by atoms with Crippen LogP contribution in [-0.4, -0.2) is 39.1 Å². The van der Waals surface area contributed by atoms with Gasteiger partial charge in [-0.1, -0.05) is 12.1 Å². The van der Waals surface area contributed by atoms with Gasteiger partial charge >= 0.3 is 0 Å². The van der Waals surface area contributed by atoms with Crippen LogP contribution in [0.1, 0.15) is 0 Å². The molecule has 0 radical (unpaired) electrons. The van der Waals surface area contributed by atoms with Crippen LogP contribution >= 0.6 is 0 Å². The number of aryl methyl sites for hydroxylation is 1. The first-order valence-corrected chi connectivity index (χ1v) is 7.74. The van der Waals surface area contributed by atoms with Gasteiger partial charge in [0.15, 0.2) is 5.65 Å². The van der Waals surface area contributed by atoms with Crippen molar-refractivity contribution < 1.29 is 0 Å². The Labute approximate surface area is 139 Å². The average Bonchev–Trinajstić information content (AvgIpc) is 3.20. The van der Waals surface area contributed by atoms with Crippen molar-refractivity contribution in [1.29, 1.82) is 0 Å². The lowest BCUT2D eigenvalue weighted by molar-refractivity contribution is 0.768. The molecule has 0 unspecified atom stereocenters. The van der Waals surface area contributed by atoms with Crippen LogP contribution in [0.2, 0.25) is 0 Å². The molecule has 0 atom stereocenters. The lowest BCUT2D eigenvalue weighted by Gasteiger charge is -2.13. The van der Waals surface area contributed by atoms with E-state index in [-0.39, 0.29) is 0 Å². The van der Waals surface area contributed by atoms with Crippen LogP contribution in [0.3, 0.4) is 0 Å². The Hall–Kier alpha value is -3.15. The Morgan fingerprint density at radius 2 is 1.96 bits per heavy atom. The molecule has 0 bridgehead atoms. The summed E-state index contributed by atoms with van der Waals surface area (Å²) in [6.07, 6.45) is 3.78. The minimum absolute atomic E-state index is 0.710. The summed E-state index contributed by atoms with van der Waals surface area (Å²) in [6, 6.07) is 12.4. The molecule has 6 heteroatoms. The van der Waals surface area contributed by atoms with Crippen molar-refractivity contribution >= 4 is 16.7 Å². The van der Waals surface area contributed by atoms with Gasteiger partial charge in [-0.05, 0) is 24.3 Å². The van der Waals surface area contributed by atoms with Crippen LogP contribution in [0.25, 0.3) is 33.5 Å². The topological polar surface area (TPSA) is 62.6 Å². The van der Waals surface area contributed by atoms with Crippen LogP contribution < -0.4 is 4.90 Å². The van der Waals surface area contributed by atoms with Crippen LogP contribution in [0, 0.1) is 0 Å². The van der Waals surface area contributed by atoms with Gasteiger partial charge in [0.1, 0.15) is 0 Å². The van der Waals surface area contributed by atoms with E-state index in [0.29, 0.717) is 5.65 Å². The SMILES string of the molecule is CN(C)c1cccc(-c2ccc3c(-c4cnn(C)c4)[nH]nc3n2)c1. The Morgan fingerprint density at radius 1 is 1.08 bits per heavy atom. The van der Waals surface area contributed by atoms with Crippen molar-refractivity contribution in [3.05, 3.63) is 48.8 Å². The molecule has 0 aliphatic rings. The highest BCUT2D eigenvalue weighted by atomic mass is 15.2. The van der Waals surface area contributed by atoms with E-state index in [1.807, 2.05) is 45.7 Å². The van der Waals surface area contributed by atoms with Crippen LogP contribution in [0.5, 0.6) is 0 Å². The first-order chi connectivity index (χ1) is 11.6. The van der Waals surface area contributed by atoms with Gasteiger partial charge in [0.05, 0.1) is 17.6 Å². The van der Waals surface area contributed by atoms with Crippen LogP contribution in [0.4, 0.5) is 5.69 Å². The number of anilines is 1. The second kappa shape index (κ2) is 5.49. The fourth-order valence-corrected chi connectivity index (χ4v) is 2.77. The van der Waals surface area contributed by atoms with Crippen molar-refractivity contribution in [1.82, 2.24) is 25.0 Å². The average molecular weight is 318 g/mol. The van der Waals surface area contributed by atoms with E-state index in [1.165, 1.54) is 0 Å². The van der Waals surface area contributed by atoms with Gasteiger partial charge in [-0.2, -0.15) is 10.2 Å². The molecule has 24 heavy (non-hydrogen) atoms. The monoisotopic (exact) mass is 318 g/mol. The molecule has 1 N–H and O–H groups in total. The molecule has 0 saturated heterocycles. The van der Waals surface area contributed by atoms with E-state index in [1.54, 1.807) is 4.68 Å². The van der Waals surface area contributed by atoms with Gasteiger partial charge in [-0.3, -0.25) is 9.78 Å². The normalized spacial score (nSPS) is 11.1. The second-order valence-corrected chi connectivity index (χ2v) is 6.01. The maximum Gasteiger partial charge on any atom is 0.182 e. The highest BCUT2D eigenvalue weighted by Crippen LogP contribution is 2.28. The van der Waals surface area contributed by atoms with E-state index in [9.17, 15) is 0 Å². The van der Waals surface area contributed by atoms with Gasteiger partial charge in [-0.15, -0.1) is 0 Å². The van der Waals surface area contributed by atoms with Crippen LogP contribution in [-0.2, 0) is 7.05 Å². The molecule has 6 nitrogen and oxygen atoms in total. The highest BCUT2D eigenvalue weighted by molar-refractivity contribution is 5.91. The van der Waals surface area contributed by atoms with Crippen molar-refractivity contribution in [2.45, 2.75) is 0 Å². The number of fused-ring (bicyclic) bond motifs is 1. The molecule has 0 aliphatic heterocycles. The molecule has 0 fully saturated rings. The summed E-state index contributed by atoms with van der Waals surface area (Å²) in [5.74, 6) is 0. The molecule has 3 aromatic heterocycles. The molecule has 1 aromatic carbocycles. The maximum atomic E-state index is 4.71. The first kappa shape index (κ1) is 14.4. The zero-order valence-corrected chi connectivity index (χ0v) is 13.9. The number of benzene rings is 1. The molecule has 3 heterocycles. The minimum atomic E-state index is 0.710. The van der Waals surface area contributed by atoms with Crippen LogP contribution in [0.15, 0.2) is 48.8 Å². The second-order valence-electron chi connectivity index (χ2n) is 6.01. The van der Waals surface area contributed by atoms with E-state index < -0.39 is 0 Å². The third-order valence-corrected chi connectivity index (χ3v) is 4.07. The van der Waals surface area contributed by atoms with E-state index >= 15 is 0 Å². The number of nitrogens with zero attached hydrogens (tertiary/aromatic N) is 5. The number of pyridine rings is 1. The van der Waals surface area contributed by atoms with Gasteiger partial charge in [-0.25, -0.2) is 4.98 Å². The van der Waals surface area contributed by atoms with Crippen molar-refractivity contribution in [2.24, 2.45) is 7.05 Å². The number of hydrogen-bond acceptors (Lipinski definition) is 4. The summed E-state index contributed by atoms with van der Waals surface area (Å²) in [7, 11) is 5.96. The fourth-order valence-electron chi connectivity index (χ4n) is 2.77. The number of nitrogens with one attached hydrogen (secondary N) is 1. The molecule has 0 saturated carbocycles. The largest absolute Gasteiger partial charge is 0.378 e. The number of rotatable bonds is 3. The minimum Gasteiger partial charge on any atom is -0.378 e. The van der Waals surface area contributed by atoms with Gasteiger partial charge in [0.2, 0.25) is 0 Å². The molecule has 4 rings (SSSR count). The first-order valence-electron chi connectivity index (χ1n) is 7.74. The van der Waals surface area contributed by atoms with Gasteiger partial charge < -0.3 is 4.90 Å². The Morgan fingerprint density at radius 3 is 2.71 bits per heavy atom. The fraction of sp³-hybridized carbons (Fsp3) is 0.167. The molecular weight excluding hydrogens is 300 g/mol. The van der Waals surface area contributed by atoms with Gasteiger partial charge in [0.25, 0.3) is 0 Å². The Balaban J connectivity index is 1.79. The molecule has 0 spiro atoms. The highest BCUT2D eigenvalue weighted by Gasteiger charge is 2.12. The lowest BCUT2D eigenvalue weighted by Crippen LogP contribution is -2.08. The number of H-pyrrole nitrogens is 1. The lowest BCUT2D eigenvalue weighted by atomic mass is 10.1. The van der Waals surface area contributed by atoms with Gasteiger partial charge in [0, 0.05) is 49.5 Å². The Kier molecular flexibility index (Phi) is 3.30. The standard InChI is InChI=1S/C18H18N6/c1-23(2)14-6-4-5-12(9-14)16-8-7-15-17(21-22-18(15)20-16)13-10-19-24(3)11-13/h4-11H,1-3H3,(H,20,21,22). The number of aromatic nitrogens is 5. The molecule has 0 amide bonds. The predicted molar refractivity (Wildman–Crippen MR) is 95.9 cm³/mol. The van der Waals surface area contributed by atoms with E-state index in [0.717, 1.165) is 33.6 Å². The maximum absolute atomic E-state index is 4.71. The number of aromatic amines is 1. The van der Waals surface area contributed by atoms with E-state index in [2.05, 4.69) is 44.5 Å². The quantitative estimate of drug-likeness (QED) is 0.630. The van der Waals surface area contributed by atoms with E-state index in [4.69, 9.17) is 4.98 Å². The smallest absolute Gasteiger partial charge is 0.182 e. The summed E-state index contributed by atoms with van der Waals surface area (Å²) in [4.78, 5) is 6.79. The molecule has 0 aliphatic carbocycles. The third-order valence-electron chi connectivity index (χ3n) is 4.07. The summed E-state index contributed by atoms with van der Waals surface area (Å²) >= 11 is 0. The number of hydrogen-bond donors (Lipinski definition) is 1. The zero-order chi connectivity index (χ0) is 16.7. The zero-order valence-electron chi connectivity index (χ0n) is 13.9. The Bertz CT molecular complexity index is 1010. The molecule has 4 aromatic rings. The summed E-state index contributed by atoms with van der Waals surface area (Å²) in [6.45, 7) is 0. The summed E-state index contributed by atoms with van der Waals surface area (Å²) < 4.78 is 1.77. The molecular formula is C18H18N6. The third kappa shape index (κ3) is 2.42.